The Balaban J connectivity index is 1.88. The van der Waals surface area contributed by atoms with Gasteiger partial charge in [0, 0.05) is 13.1 Å². The number of hydrogen-bond acceptors (Lipinski definition) is 2. The Bertz CT molecular complexity index is 213. The van der Waals surface area contributed by atoms with Gasteiger partial charge < -0.3 is 4.90 Å². The van der Waals surface area contributed by atoms with Crippen LogP contribution in [0.1, 0.15) is 25.7 Å². The summed E-state index contributed by atoms with van der Waals surface area (Å²) in [6.45, 7) is 2.05. The molecule has 0 unspecified atom stereocenters. The van der Waals surface area contributed by atoms with Crippen molar-refractivity contribution in [3.63, 3.8) is 0 Å². The summed E-state index contributed by atoms with van der Waals surface area (Å²) in [6, 6.07) is 0. The van der Waals surface area contributed by atoms with E-state index in [1.807, 2.05) is 6.26 Å². The molecule has 0 bridgehead atoms. The number of piperidine rings is 1. The van der Waals surface area contributed by atoms with Crippen LogP contribution in [-0.4, -0.2) is 35.9 Å². The molecule has 0 N–H and O–H groups in total. The zero-order chi connectivity index (χ0) is 9.31. The van der Waals surface area contributed by atoms with E-state index in [0.717, 1.165) is 13.1 Å². The largest absolute Gasteiger partial charge is 0.341 e. The Hall–Kier alpha value is -0.180. The van der Waals surface area contributed by atoms with E-state index in [9.17, 15) is 4.79 Å². The van der Waals surface area contributed by atoms with E-state index in [1.165, 1.54) is 25.7 Å². The van der Waals surface area contributed by atoms with Crippen LogP contribution in [0.5, 0.6) is 0 Å². The standard InChI is InChI=1S/C10H17NOS/c1-13-7-9(12)11-6-2-3-10(8-11)4-5-10/h2-8H2,1H3. The number of amides is 1. The van der Waals surface area contributed by atoms with Crippen molar-refractivity contribution in [1.29, 1.82) is 0 Å². The van der Waals surface area contributed by atoms with Gasteiger partial charge in [-0.2, -0.15) is 11.8 Å². The van der Waals surface area contributed by atoms with Gasteiger partial charge >= 0.3 is 0 Å². The van der Waals surface area contributed by atoms with Crippen LogP contribution in [0, 0.1) is 5.41 Å². The maximum absolute atomic E-state index is 11.6. The van der Waals surface area contributed by atoms with Crippen molar-refractivity contribution in [3.8, 4) is 0 Å². The van der Waals surface area contributed by atoms with E-state index in [-0.39, 0.29) is 0 Å². The van der Waals surface area contributed by atoms with Gasteiger partial charge in [-0.3, -0.25) is 4.79 Å². The molecule has 0 atom stereocenters. The highest BCUT2D eigenvalue weighted by Crippen LogP contribution is 2.51. The smallest absolute Gasteiger partial charge is 0.232 e. The van der Waals surface area contributed by atoms with E-state index in [2.05, 4.69) is 4.90 Å². The summed E-state index contributed by atoms with van der Waals surface area (Å²) in [6.07, 6.45) is 7.29. The topological polar surface area (TPSA) is 20.3 Å². The van der Waals surface area contributed by atoms with Gasteiger partial charge in [-0.15, -0.1) is 0 Å². The lowest BCUT2D eigenvalue weighted by molar-refractivity contribution is -0.130. The Labute approximate surface area is 84.1 Å². The van der Waals surface area contributed by atoms with Gasteiger partial charge in [0.15, 0.2) is 0 Å². The van der Waals surface area contributed by atoms with Crippen LogP contribution in [-0.2, 0) is 4.79 Å². The molecule has 1 aliphatic heterocycles. The molecular weight excluding hydrogens is 182 g/mol. The summed E-state index contributed by atoms with van der Waals surface area (Å²) < 4.78 is 0. The van der Waals surface area contributed by atoms with E-state index in [4.69, 9.17) is 0 Å². The average molecular weight is 199 g/mol. The molecule has 1 spiro atoms. The van der Waals surface area contributed by atoms with Crippen molar-refractivity contribution in [2.24, 2.45) is 5.41 Å². The predicted octanol–water partition coefficient (Wildman–Crippen LogP) is 1.75. The lowest BCUT2D eigenvalue weighted by Gasteiger charge is -2.32. The minimum atomic E-state index is 0.346. The predicted molar refractivity (Wildman–Crippen MR) is 55.9 cm³/mol. The van der Waals surface area contributed by atoms with Crippen molar-refractivity contribution in [1.82, 2.24) is 4.90 Å². The quantitative estimate of drug-likeness (QED) is 0.675. The number of carbonyl (C=O) groups is 1. The van der Waals surface area contributed by atoms with Crippen molar-refractivity contribution in [2.45, 2.75) is 25.7 Å². The molecule has 0 aromatic rings. The van der Waals surface area contributed by atoms with Crippen LogP contribution in [0.3, 0.4) is 0 Å². The molecule has 1 aliphatic carbocycles. The normalized spacial score (nSPS) is 24.8. The first-order chi connectivity index (χ1) is 6.26. The minimum absolute atomic E-state index is 0.346. The molecule has 0 aromatic carbocycles. The van der Waals surface area contributed by atoms with Gasteiger partial charge in [0.25, 0.3) is 0 Å². The second-order valence-electron chi connectivity index (χ2n) is 4.35. The zero-order valence-corrected chi connectivity index (χ0v) is 9.03. The minimum Gasteiger partial charge on any atom is -0.341 e. The summed E-state index contributed by atoms with van der Waals surface area (Å²) in [4.78, 5) is 13.7. The summed E-state index contributed by atoms with van der Waals surface area (Å²) >= 11 is 1.63. The third kappa shape index (κ3) is 2.01. The molecule has 3 heteroatoms. The zero-order valence-electron chi connectivity index (χ0n) is 8.21. The van der Waals surface area contributed by atoms with Crippen LogP contribution in [0.2, 0.25) is 0 Å². The molecule has 2 rings (SSSR count). The number of likely N-dealkylation sites (tertiary alicyclic amines) is 1. The fourth-order valence-electron chi connectivity index (χ4n) is 2.22. The Kier molecular flexibility index (Phi) is 2.54. The van der Waals surface area contributed by atoms with Crippen LogP contribution in [0.15, 0.2) is 0 Å². The van der Waals surface area contributed by atoms with Gasteiger partial charge in [-0.25, -0.2) is 0 Å². The number of hydrogen-bond donors (Lipinski definition) is 0. The lowest BCUT2D eigenvalue weighted by atomic mass is 9.95. The fourth-order valence-corrected chi connectivity index (χ4v) is 2.65. The first-order valence-electron chi connectivity index (χ1n) is 5.02. The summed E-state index contributed by atoms with van der Waals surface area (Å²) in [5, 5.41) is 0. The maximum atomic E-state index is 11.6. The van der Waals surface area contributed by atoms with E-state index >= 15 is 0 Å². The molecule has 1 heterocycles. The number of rotatable bonds is 2. The molecule has 2 aliphatic rings. The third-order valence-corrected chi connectivity index (χ3v) is 3.77. The van der Waals surface area contributed by atoms with Crippen molar-refractivity contribution in [3.05, 3.63) is 0 Å². The van der Waals surface area contributed by atoms with Gasteiger partial charge in [0.2, 0.25) is 5.91 Å². The van der Waals surface area contributed by atoms with Gasteiger partial charge in [0.1, 0.15) is 0 Å². The van der Waals surface area contributed by atoms with Crippen LogP contribution < -0.4 is 0 Å². The highest BCUT2D eigenvalue weighted by Gasteiger charge is 2.46. The highest BCUT2D eigenvalue weighted by atomic mass is 32.2. The first-order valence-corrected chi connectivity index (χ1v) is 6.42. The van der Waals surface area contributed by atoms with Crippen LogP contribution >= 0.6 is 11.8 Å². The summed E-state index contributed by atoms with van der Waals surface area (Å²) in [7, 11) is 0. The van der Waals surface area contributed by atoms with Crippen molar-refractivity contribution < 1.29 is 4.79 Å². The molecule has 1 saturated carbocycles. The maximum Gasteiger partial charge on any atom is 0.232 e. The summed E-state index contributed by atoms with van der Waals surface area (Å²) in [5.74, 6) is 1.01. The SMILES string of the molecule is CSCC(=O)N1CCCC2(CC2)C1. The second-order valence-corrected chi connectivity index (χ2v) is 5.22. The summed E-state index contributed by atoms with van der Waals surface area (Å²) in [5.41, 5.74) is 0.576. The van der Waals surface area contributed by atoms with E-state index in [0.29, 0.717) is 17.1 Å². The van der Waals surface area contributed by atoms with Gasteiger partial charge in [-0.05, 0) is 37.4 Å². The van der Waals surface area contributed by atoms with Crippen LogP contribution in [0.4, 0.5) is 0 Å². The molecule has 13 heavy (non-hydrogen) atoms. The molecule has 2 fully saturated rings. The second kappa shape index (κ2) is 3.52. The third-order valence-electron chi connectivity index (χ3n) is 3.24. The number of thioether (sulfide) groups is 1. The highest BCUT2D eigenvalue weighted by molar-refractivity contribution is 7.99. The Morgan fingerprint density at radius 3 is 2.85 bits per heavy atom. The molecular formula is C10H17NOS. The molecule has 2 nitrogen and oxygen atoms in total. The van der Waals surface area contributed by atoms with Gasteiger partial charge in [0.05, 0.1) is 5.75 Å². The number of carbonyl (C=O) groups excluding carboxylic acids is 1. The number of nitrogens with zero attached hydrogens (tertiary/aromatic N) is 1. The average Bonchev–Trinajstić information content (AvgIpc) is 2.85. The van der Waals surface area contributed by atoms with Gasteiger partial charge in [-0.1, -0.05) is 0 Å². The van der Waals surface area contributed by atoms with Crippen LogP contribution in [0.25, 0.3) is 0 Å². The Morgan fingerprint density at radius 2 is 2.23 bits per heavy atom. The lowest BCUT2D eigenvalue weighted by Crippen LogP contribution is -2.41. The monoisotopic (exact) mass is 199 g/mol. The Morgan fingerprint density at radius 1 is 1.46 bits per heavy atom. The van der Waals surface area contributed by atoms with E-state index < -0.39 is 0 Å². The molecule has 0 aromatic heterocycles. The molecule has 1 saturated heterocycles. The molecule has 0 radical (unpaired) electrons. The van der Waals surface area contributed by atoms with E-state index in [1.54, 1.807) is 11.8 Å². The first kappa shape index (κ1) is 9.38. The molecule has 74 valence electrons. The molecule has 1 amide bonds. The van der Waals surface area contributed by atoms with Crippen molar-refractivity contribution in [2.75, 3.05) is 25.1 Å². The van der Waals surface area contributed by atoms with Crippen molar-refractivity contribution >= 4 is 17.7 Å². The fraction of sp³-hybridized carbons (Fsp3) is 0.900.